The van der Waals surface area contributed by atoms with E-state index in [0.29, 0.717) is 5.69 Å². The lowest BCUT2D eigenvalue weighted by Crippen LogP contribution is -2.49. The summed E-state index contributed by atoms with van der Waals surface area (Å²) in [6, 6.07) is 6.84. The van der Waals surface area contributed by atoms with Crippen molar-refractivity contribution in [2.24, 2.45) is 0 Å². The van der Waals surface area contributed by atoms with Crippen LogP contribution in [0.25, 0.3) is 0 Å². The molecule has 1 aromatic carbocycles. The maximum atomic E-state index is 14.2. The number of anilines is 1. The summed E-state index contributed by atoms with van der Waals surface area (Å²) in [4.78, 5) is 29.4. The van der Waals surface area contributed by atoms with Gasteiger partial charge in [-0.05, 0) is 36.8 Å². The fourth-order valence-electron chi connectivity index (χ4n) is 2.62. The standard InChI is InChI=1S/C18H18FN5O2/c1-10-3-6-14(21-9-10)17(26)22-11-4-5-13(19)12(7-11)15-8-16(25)24(2)18(20)23-15/h3-7,9,15H,8H2,1-2H3,(H2,20,23)(H,22,26)/t15-/m0/s1. The Morgan fingerprint density at radius 2 is 2.15 bits per heavy atom. The quantitative estimate of drug-likeness (QED) is 0.786. The van der Waals surface area contributed by atoms with Crippen molar-refractivity contribution in [3.05, 3.63) is 59.2 Å². The van der Waals surface area contributed by atoms with Crippen LogP contribution in [0.4, 0.5) is 10.1 Å². The van der Waals surface area contributed by atoms with E-state index >= 15 is 0 Å². The lowest BCUT2D eigenvalue weighted by molar-refractivity contribution is -0.128. The molecule has 0 bridgehead atoms. The molecule has 1 saturated heterocycles. The van der Waals surface area contributed by atoms with Gasteiger partial charge in [0, 0.05) is 24.5 Å². The molecule has 2 heterocycles. The molecule has 0 radical (unpaired) electrons. The summed E-state index contributed by atoms with van der Waals surface area (Å²) in [7, 11) is 1.48. The maximum absolute atomic E-state index is 14.2. The van der Waals surface area contributed by atoms with Crippen molar-refractivity contribution in [1.29, 1.82) is 5.41 Å². The van der Waals surface area contributed by atoms with E-state index in [0.717, 1.165) is 5.56 Å². The zero-order valence-corrected chi connectivity index (χ0v) is 14.3. The molecular weight excluding hydrogens is 337 g/mol. The second-order valence-electron chi connectivity index (χ2n) is 6.11. The Bertz CT molecular complexity index is 864. The third-order valence-corrected chi connectivity index (χ3v) is 4.17. The van der Waals surface area contributed by atoms with E-state index in [1.54, 1.807) is 18.3 Å². The van der Waals surface area contributed by atoms with E-state index in [-0.39, 0.29) is 29.5 Å². The fourth-order valence-corrected chi connectivity index (χ4v) is 2.62. The largest absolute Gasteiger partial charge is 0.349 e. The van der Waals surface area contributed by atoms with E-state index in [2.05, 4.69) is 15.6 Å². The van der Waals surface area contributed by atoms with Gasteiger partial charge in [-0.3, -0.25) is 24.9 Å². The van der Waals surface area contributed by atoms with Crippen LogP contribution >= 0.6 is 0 Å². The molecule has 1 aliphatic rings. The third-order valence-electron chi connectivity index (χ3n) is 4.17. The number of nitrogens with one attached hydrogen (secondary N) is 3. The highest BCUT2D eigenvalue weighted by atomic mass is 19.1. The Morgan fingerprint density at radius 1 is 1.38 bits per heavy atom. The predicted molar refractivity (Wildman–Crippen MR) is 94.3 cm³/mol. The summed E-state index contributed by atoms with van der Waals surface area (Å²) >= 11 is 0. The highest BCUT2D eigenvalue weighted by Crippen LogP contribution is 2.26. The van der Waals surface area contributed by atoms with Crippen molar-refractivity contribution in [2.75, 3.05) is 12.4 Å². The predicted octanol–water partition coefficient (Wildman–Crippen LogP) is 2.21. The third kappa shape index (κ3) is 3.53. The molecule has 26 heavy (non-hydrogen) atoms. The van der Waals surface area contributed by atoms with Crippen LogP contribution in [-0.4, -0.2) is 34.7 Å². The number of hydrogen-bond donors (Lipinski definition) is 3. The Balaban J connectivity index is 1.81. The minimum absolute atomic E-state index is 0.0206. The smallest absolute Gasteiger partial charge is 0.274 e. The number of pyridine rings is 1. The van der Waals surface area contributed by atoms with Gasteiger partial charge in [0.15, 0.2) is 5.96 Å². The number of carbonyl (C=O) groups excluding carboxylic acids is 2. The van der Waals surface area contributed by atoms with Crippen LogP contribution in [0.3, 0.4) is 0 Å². The van der Waals surface area contributed by atoms with Gasteiger partial charge in [-0.15, -0.1) is 0 Å². The molecular formula is C18H18FN5O2. The van der Waals surface area contributed by atoms with Gasteiger partial charge >= 0.3 is 0 Å². The number of carbonyl (C=O) groups is 2. The Kier molecular flexibility index (Phi) is 4.66. The molecule has 1 aromatic heterocycles. The molecule has 8 heteroatoms. The Hall–Kier alpha value is -3.29. The SMILES string of the molecule is Cc1ccc(C(=O)Nc2ccc(F)c([C@@H]3CC(=O)N(C)C(=N)N3)c2)nc1. The van der Waals surface area contributed by atoms with Gasteiger partial charge in [0.2, 0.25) is 5.91 Å². The lowest BCUT2D eigenvalue weighted by atomic mass is 10.00. The molecule has 0 unspecified atom stereocenters. The maximum Gasteiger partial charge on any atom is 0.274 e. The van der Waals surface area contributed by atoms with Crippen molar-refractivity contribution < 1.29 is 14.0 Å². The summed E-state index contributed by atoms with van der Waals surface area (Å²) in [5.74, 6) is -1.30. The van der Waals surface area contributed by atoms with Gasteiger partial charge in [-0.25, -0.2) is 4.39 Å². The Labute approximate surface area is 149 Å². The van der Waals surface area contributed by atoms with Crippen molar-refractivity contribution in [1.82, 2.24) is 15.2 Å². The number of guanidine groups is 1. The van der Waals surface area contributed by atoms with E-state index in [9.17, 15) is 14.0 Å². The normalized spacial score (nSPS) is 17.0. The number of aromatic nitrogens is 1. The van der Waals surface area contributed by atoms with E-state index in [1.807, 2.05) is 6.92 Å². The molecule has 3 N–H and O–H groups in total. The summed E-state index contributed by atoms with van der Waals surface area (Å²) < 4.78 is 14.2. The molecule has 3 rings (SSSR count). The highest BCUT2D eigenvalue weighted by Gasteiger charge is 2.29. The zero-order valence-electron chi connectivity index (χ0n) is 14.3. The first kappa shape index (κ1) is 17.5. The summed E-state index contributed by atoms with van der Waals surface area (Å²) in [6.45, 7) is 1.87. The molecule has 1 aliphatic heterocycles. The Morgan fingerprint density at radius 3 is 2.81 bits per heavy atom. The van der Waals surface area contributed by atoms with Crippen molar-refractivity contribution >= 4 is 23.5 Å². The minimum Gasteiger partial charge on any atom is -0.349 e. The first-order valence-corrected chi connectivity index (χ1v) is 8.00. The molecule has 7 nitrogen and oxygen atoms in total. The number of halogens is 1. The number of amides is 2. The van der Waals surface area contributed by atoms with Gasteiger partial charge < -0.3 is 10.6 Å². The summed E-state index contributed by atoms with van der Waals surface area (Å²) in [5.41, 5.74) is 1.78. The molecule has 2 amide bonds. The second kappa shape index (κ2) is 6.91. The molecule has 1 fully saturated rings. The van der Waals surface area contributed by atoms with Crippen LogP contribution in [0, 0.1) is 18.2 Å². The van der Waals surface area contributed by atoms with Gasteiger partial charge in [-0.2, -0.15) is 0 Å². The molecule has 0 saturated carbocycles. The van der Waals surface area contributed by atoms with Crippen LogP contribution < -0.4 is 10.6 Å². The van der Waals surface area contributed by atoms with Crippen LogP contribution in [-0.2, 0) is 4.79 Å². The highest BCUT2D eigenvalue weighted by molar-refractivity contribution is 6.03. The number of hydrogen-bond acceptors (Lipinski definition) is 4. The van der Waals surface area contributed by atoms with Crippen LogP contribution in [0.5, 0.6) is 0 Å². The number of aryl methyl sites for hydroxylation is 1. The van der Waals surface area contributed by atoms with Gasteiger partial charge in [-0.1, -0.05) is 6.07 Å². The molecule has 0 spiro atoms. The molecule has 134 valence electrons. The van der Waals surface area contributed by atoms with Gasteiger partial charge in [0.1, 0.15) is 11.5 Å². The number of benzene rings is 1. The lowest BCUT2D eigenvalue weighted by Gasteiger charge is -2.31. The zero-order chi connectivity index (χ0) is 18.8. The van der Waals surface area contributed by atoms with Crippen molar-refractivity contribution in [3.63, 3.8) is 0 Å². The topological polar surface area (TPSA) is 98.2 Å². The summed E-state index contributed by atoms with van der Waals surface area (Å²) in [5, 5.41) is 13.2. The van der Waals surface area contributed by atoms with Gasteiger partial charge in [0.05, 0.1) is 12.5 Å². The van der Waals surface area contributed by atoms with E-state index in [1.165, 1.54) is 30.1 Å². The summed E-state index contributed by atoms with van der Waals surface area (Å²) in [6.07, 6.45) is 1.61. The monoisotopic (exact) mass is 355 g/mol. The first-order valence-electron chi connectivity index (χ1n) is 8.00. The minimum atomic E-state index is -0.666. The molecule has 1 atom stereocenters. The number of rotatable bonds is 3. The van der Waals surface area contributed by atoms with E-state index in [4.69, 9.17) is 5.41 Å². The fraction of sp³-hybridized carbons (Fsp3) is 0.222. The van der Waals surface area contributed by atoms with Crippen LogP contribution in [0.15, 0.2) is 36.5 Å². The number of nitrogens with zero attached hydrogens (tertiary/aromatic N) is 2. The van der Waals surface area contributed by atoms with Crippen molar-refractivity contribution in [2.45, 2.75) is 19.4 Å². The van der Waals surface area contributed by atoms with Crippen LogP contribution in [0.1, 0.15) is 34.1 Å². The van der Waals surface area contributed by atoms with E-state index < -0.39 is 17.8 Å². The average Bonchev–Trinajstić information content (AvgIpc) is 2.61. The van der Waals surface area contributed by atoms with Gasteiger partial charge in [0.25, 0.3) is 5.91 Å². The van der Waals surface area contributed by atoms with Crippen LogP contribution in [0.2, 0.25) is 0 Å². The average molecular weight is 355 g/mol. The molecule has 0 aliphatic carbocycles. The van der Waals surface area contributed by atoms with Crippen molar-refractivity contribution in [3.8, 4) is 0 Å². The molecule has 2 aromatic rings. The first-order chi connectivity index (χ1) is 12.3. The second-order valence-corrected chi connectivity index (χ2v) is 6.11.